The van der Waals surface area contributed by atoms with Crippen molar-refractivity contribution in [3.63, 3.8) is 0 Å². The molecule has 0 fully saturated rings. The maximum atomic E-state index is 12.0. The van der Waals surface area contributed by atoms with Gasteiger partial charge in [0, 0.05) is 18.2 Å². The summed E-state index contributed by atoms with van der Waals surface area (Å²) in [5, 5.41) is 22.3. The Kier molecular flexibility index (Phi) is 5.06. The quantitative estimate of drug-likeness (QED) is 0.498. The predicted molar refractivity (Wildman–Crippen MR) is 88.9 cm³/mol. The number of nitrogens with zero attached hydrogens (tertiary/aromatic N) is 1. The number of nitro groups is 1. The van der Waals surface area contributed by atoms with Gasteiger partial charge in [-0.25, -0.2) is 4.79 Å². The number of anilines is 1. The lowest BCUT2D eigenvalue weighted by Crippen LogP contribution is -2.12. The molecular weight excluding hydrogens is 312 g/mol. The van der Waals surface area contributed by atoms with E-state index in [4.69, 9.17) is 5.11 Å². The molecule has 0 aromatic heterocycles. The van der Waals surface area contributed by atoms with E-state index in [1.54, 1.807) is 25.1 Å². The molecule has 1 amide bonds. The molecular formula is C17H14N2O5. The van der Waals surface area contributed by atoms with Crippen LogP contribution in [0, 0.1) is 17.0 Å². The molecule has 2 aromatic carbocycles. The second kappa shape index (κ2) is 7.19. The first kappa shape index (κ1) is 16.9. The zero-order chi connectivity index (χ0) is 17.7. The third-order valence-electron chi connectivity index (χ3n) is 3.17. The molecule has 0 bridgehead atoms. The first-order chi connectivity index (χ1) is 11.4. The monoisotopic (exact) mass is 326 g/mol. The van der Waals surface area contributed by atoms with E-state index in [2.05, 4.69) is 5.32 Å². The van der Waals surface area contributed by atoms with Gasteiger partial charge < -0.3 is 10.4 Å². The molecule has 0 spiro atoms. The molecule has 122 valence electrons. The molecule has 0 aliphatic carbocycles. The van der Waals surface area contributed by atoms with E-state index in [-0.39, 0.29) is 16.9 Å². The molecule has 7 heteroatoms. The molecule has 0 aliphatic rings. The summed E-state index contributed by atoms with van der Waals surface area (Å²) in [7, 11) is 0. The van der Waals surface area contributed by atoms with Crippen molar-refractivity contribution in [3.05, 3.63) is 75.3 Å². The van der Waals surface area contributed by atoms with Crippen molar-refractivity contribution >= 4 is 29.3 Å². The summed E-state index contributed by atoms with van der Waals surface area (Å²) >= 11 is 0. The number of carbonyl (C=O) groups excluding carboxylic acids is 1. The fourth-order valence-corrected chi connectivity index (χ4v) is 2.04. The number of rotatable bonds is 5. The third-order valence-corrected chi connectivity index (χ3v) is 3.17. The van der Waals surface area contributed by atoms with Crippen LogP contribution in [0.5, 0.6) is 0 Å². The van der Waals surface area contributed by atoms with Crippen LogP contribution in [0.25, 0.3) is 6.08 Å². The topological polar surface area (TPSA) is 110 Å². The van der Waals surface area contributed by atoms with Gasteiger partial charge in [-0.15, -0.1) is 0 Å². The highest BCUT2D eigenvalue weighted by Gasteiger charge is 2.11. The van der Waals surface area contributed by atoms with Gasteiger partial charge in [-0.1, -0.05) is 18.2 Å². The number of hydrogen-bond acceptors (Lipinski definition) is 4. The van der Waals surface area contributed by atoms with Crippen LogP contribution < -0.4 is 5.32 Å². The van der Waals surface area contributed by atoms with Gasteiger partial charge in [-0.3, -0.25) is 14.9 Å². The predicted octanol–water partition coefficient (Wildman–Crippen LogP) is 3.25. The van der Waals surface area contributed by atoms with E-state index >= 15 is 0 Å². The summed E-state index contributed by atoms with van der Waals surface area (Å²) in [6.45, 7) is 1.78. The van der Waals surface area contributed by atoms with E-state index in [9.17, 15) is 19.7 Å². The van der Waals surface area contributed by atoms with E-state index in [0.29, 0.717) is 5.56 Å². The average Bonchev–Trinajstić information content (AvgIpc) is 2.53. The number of carboxylic acid groups (broad SMARTS) is 1. The minimum absolute atomic E-state index is 0.0160. The molecule has 0 heterocycles. The summed E-state index contributed by atoms with van der Waals surface area (Å²) < 4.78 is 0. The number of nitro benzene ring substituents is 1. The Labute approximate surface area is 137 Å². The Morgan fingerprint density at radius 3 is 2.62 bits per heavy atom. The molecule has 0 saturated carbocycles. The number of carboxylic acids is 1. The summed E-state index contributed by atoms with van der Waals surface area (Å²) in [4.78, 5) is 33.3. The Balaban J connectivity index is 2.17. The second-order valence-corrected chi connectivity index (χ2v) is 5.03. The van der Waals surface area contributed by atoms with Crippen LogP contribution in [0.1, 0.15) is 21.5 Å². The molecule has 0 radical (unpaired) electrons. The van der Waals surface area contributed by atoms with E-state index in [1.807, 2.05) is 0 Å². The van der Waals surface area contributed by atoms with Crippen molar-refractivity contribution in [2.24, 2.45) is 0 Å². The molecule has 24 heavy (non-hydrogen) atoms. The lowest BCUT2D eigenvalue weighted by atomic mass is 10.1. The van der Waals surface area contributed by atoms with Gasteiger partial charge >= 0.3 is 5.97 Å². The second-order valence-electron chi connectivity index (χ2n) is 5.03. The van der Waals surface area contributed by atoms with E-state index < -0.39 is 16.8 Å². The normalized spacial score (nSPS) is 10.5. The van der Waals surface area contributed by atoms with Crippen LogP contribution in [-0.4, -0.2) is 21.9 Å². The fourth-order valence-electron chi connectivity index (χ4n) is 2.04. The lowest BCUT2D eigenvalue weighted by Gasteiger charge is -2.07. The first-order valence-corrected chi connectivity index (χ1v) is 6.94. The van der Waals surface area contributed by atoms with E-state index in [0.717, 1.165) is 5.56 Å². The molecule has 7 nitrogen and oxygen atoms in total. The Bertz CT molecular complexity index is 843. The number of aryl methyl sites for hydroxylation is 1. The van der Waals surface area contributed by atoms with Gasteiger partial charge in [-0.05, 0) is 36.3 Å². The van der Waals surface area contributed by atoms with Gasteiger partial charge in [-0.2, -0.15) is 0 Å². The summed E-state index contributed by atoms with van der Waals surface area (Å²) in [5.74, 6) is -1.68. The number of aromatic carboxylic acids is 1. The maximum Gasteiger partial charge on any atom is 0.337 e. The molecule has 0 atom stereocenters. The molecule has 2 rings (SSSR count). The van der Waals surface area contributed by atoms with Crippen LogP contribution in [0.2, 0.25) is 0 Å². The van der Waals surface area contributed by atoms with Crippen LogP contribution in [0.15, 0.2) is 48.5 Å². The van der Waals surface area contributed by atoms with Crippen LogP contribution >= 0.6 is 0 Å². The smallest absolute Gasteiger partial charge is 0.337 e. The Morgan fingerprint density at radius 2 is 1.96 bits per heavy atom. The van der Waals surface area contributed by atoms with Crippen molar-refractivity contribution in [3.8, 4) is 0 Å². The SMILES string of the molecule is Cc1ccc(C(=O)O)c(NC(=O)/C=C/c2cccc([N+](=O)[O-])c2)c1. The zero-order valence-corrected chi connectivity index (χ0v) is 12.7. The van der Waals surface area contributed by atoms with Gasteiger partial charge in [0.1, 0.15) is 0 Å². The van der Waals surface area contributed by atoms with Crippen molar-refractivity contribution in [2.75, 3.05) is 5.32 Å². The van der Waals surface area contributed by atoms with Gasteiger partial charge in [0.05, 0.1) is 16.2 Å². The number of non-ortho nitro benzene ring substituents is 1. The molecule has 0 saturated heterocycles. The summed E-state index contributed by atoms with van der Waals surface area (Å²) in [6, 6.07) is 10.4. The average molecular weight is 326 g/mol. The van der Waals surface area contributed by atoms with Crippen LogP contribution in [0.4, 0.5) is 11.4 Å². The summed E-state index contributed by atoms with van der Waals surface area (Å²) in [6.07, 6.45) is 2.60. The Hall–Kier alpha value is -3.48. The highest BCUT2D eigenvalue weighted by molar-refractivity contribution is 6.06. The highest BCUT2D eigenvalue weighted by Crippen LogP contribution is 2.18. The third kappa shape index (κ3) is 4.26. The van der Waals surface area contributed by atoms with E-state index in [1.165, 1.54) is 36.4 Å². The first-order valence-electron chi connectivity index (χ1n) is 6.94. The maximum absolute atomic E-state index is 12.0. The van der Waals surface area contributed by atoms with Crippen molar-refractivity contribution < 1.29 is 19.6 Å². The number of hydrogen-bond donors (Lipinski definition) is 2. The van der Waals surface area contributed by atoms with Crippen LogP contribution in [-0.2, 0) is 4.79 Å². The van der Waals surface area contributed by atoms with Gasteiger partial charge in [0.2, 0.25) is 5.91 Å². The molecule has 0 aliphatic heterocycles. The molecule has 2 aromatic rings. The minimum Gasteiger partial charge on any atom is -0.478 e. The highest BCUT2D eigenvalue weighted by atomic mass is 16.6. The number of benzene rings is 2. The van der Waals surface area contributed by atoms with Crippen molar-refractivity contribution in [1.82, 2.24) is 0 Å². The van der Waals surface area contributed by atoms with Crippen molar-refractivity contribution in [1.29, 1.82) is 0 Å². The largest absolute Gasteiger partial charge is 0.478 e. The number of carbonyl (C=O) groups is 2. The zero-order valence-electron chi connectivity index (χ0n) is 12.7. The minimum atomic E-state index is -1.15. The molecule has 2 N–H and O–H groups in total. The fraction of sp³-hybridized carbons (Fsp3) is 0.0588. The standard InChI is InChI=1S/C17H14N2O5/c1-11-5-7-14(17(21)22)15(9-11)18-16(20)8-6-12-3-2-4-13(10-12)19(23)24/h2-10H,1H3,(H,18,20)(H,21,22)/b8-6+. The Morgan fingerprint density at radius 1 is 1.21 bits per heavy atom. The number of nitrogens with one attached hydrogen (secondary N) is 1. The van der Waals surface area contributed by atoms with Crippen LogP contribution in [0.3, 0.4) is 0 Å². The summed E-state index contributed by atoms with van der Waals surface area (Å²) in [5.41, 5.74) is 1.39. The lowest BCUT2D eigenvalue weighted by molar-refractivity contribution is -0.384. The number of amides is 1. The van der Waals surface area contributed by atoms with Gasteiger partial charge in [0.15, 0.2) is 0 Å². The van der Waals surface area contributed by atoms with Gasteiger partial charge in [0.25, 0.3) is 5.69 Å². The van der Waals surface area contributed by atoms with Crippen molar-refractivity contribution in [2.45, 2.75) is 6.92 Å². The molecule has 0 unspecified atom stereocenters.